The van der Waals surface area contributed by atoms with E-state index in [0.717, 1.165) is 6.08 Å². The molecule has 2 rings (SSSR count). The highest BCUT2D eigenvalue weighted by molar-refractivity contribution is 5.97. The van der Waals surface area contributed by atoms with Gasteiger partial charge in [-0.2, -0.15) is 0 Å². The molecule has 1 atom stereocenters. The van der Waals surface area contributed by atoms with E-state index in [2.05, 4.69) is 0 Å². The first-order valence-corrected chi connectivity index (χ1v) is 6.34. The maximum Gasteiger partial charge on any atom is 0.331 e. The molecule has 0 bridgehead atoms. The van der Waals surface area contributed by atoms with Crippen molar-refractivity contribution < 1.29 is 28.6 Å². The van der Waals surface area contributed by atoms with Crippen LogP contribution in [0.5, 0.6) is 11.5 Å². The number of ether oxygens (including phenoxy) is 3. The molecule has 1 aliphatic heterocycles. The van der Waals surface area contributed by atoms with Gasteiger partial charge in [0, 0.05) is 6.08 Å². The van der Waals surface area contributed by atoms with Crippen molar-refractivity contribution in [1.29, 1.82) is 0 Å². The van der Waals surface area contributed by atoms with Crippen LogP contribution in [0, 0.1) is 0 Å². The predicted octanol–water partition coefficient (Wildman–Crippen LogP) is 0.555. The number of imide groups is 1. The highest BCUT2D eigenvalue weighted by atomic mass is 16.7. The number of hydrogen-bond donors (Lipinski definition) is 2. The van der Waals surface area contributed by atoms with Crippen molar-refractivity contribution in [2.75, 3.05) is 6.79 Å². The molecular weight excluding hydrogens is 292 g/mol. The van der Waals surface area contributed by atoms with Gasteiger partial charge < -0.3 is 19.9 Å². The average molecular weight is 306 g/mol. The Balaban J connectivity index is 1.91. The van der Waals surface area contributed by atoms with Crippen molar-refractivity contribution in [2.24, 2.45) is 5.73 Å². The monoisotopic (exact) mass is 306 g/mol. The maximum absolute atomic E-state index is 11.6. The first-order valence-electron chi connectivity index (χ1n) is 6.34. The highest BCUT2D eigenvalue weighted by Gasteiger charge is 2.17. The van der Waals surface area contributed by atoms with Crippen molar-refractivity contribution in [3.63, 3.8) is 0 Å². The van der Waals surface area contributed by atoms with Crippen LogP contribution in [0.4, 0.5) is 4.79 Å². The molecule has 0 fully saturated rings. The Hall–Kier alpha value is -3.03. The number of nitrogens with two attached hydrogens (primary N) is 1. The largest absolute Gasteiger partial charge is 0.454 e. The Kier molecular flexibility index (Phi) is 4.62. The molecule has 0 aliphatic carbocycles. The predicted molar refractivity (Wildman–Crippen MR) is 74.9 cm³/mol. The smallest absolute Gasteiger partial charge is 0.331 e. The van der Waals surface area contributed by atoms with Gasteiger partial charge in [-0.1, -0.05) is 6.07 Å². The number of amides is 3. The van der Waals surface area contributed by atoms with Crippen LogP contribution in [0.25, 0.3) is 6.08 Å². The lowest BCUT2D eigenvalue weighted by Crippen LogP contribution is -2.42. The number of urea groups is 1. The second kappa shape index (κ2) is 6.61. The number of carbonyl (C=O) groups is 3. The van der Waals surface area contributed by atoms with E-state index in [4.69, 9.17) is 19.9 Å². The van der Waals surface area contributed by atoms with Crippen LogP contribution in [-0.2, 0) is 14.3 Å². The quantitative estimate of drug-likeness (QED) is 0.620. The lowest BCUT2D eigenvalue weighted by Gasteiger charge is -2.10. The van der Waals surface area contributed by atoms with E-state index >= 15 is 0 Å². The zero-order valence-electron chi connectivity index (χ0n) is 11.7. The first-order chi connectivity index (χ1) is 10.5. The van der Waals surface area contributed by atoms with Gasteiger partial charge in [0.1, 0.15) is 0 Å². The molecular formula is C14H14N2O6. The van der Waals surface area contributed by atoms with Gasteiger partial charge in [0.25, 0.3) is 5.91 Å². The molecule has 1 aliphatic rings. The van der Waals surface area contributed by atoms with Crippen LogP contribution in [0.15, 0.2) is 24.3 Å². The van der Waals surface area contributed by atoms with Crippen molar-refractivity contribution >= 4 is 24.0 Å². The minimum absolute atomic E-state index is 0.164. The molecule has 116 valence electrons. The zero-order chi connectivity index (χ0) is 16.1. The summed E-state index contributed by atoms with van der Waals surface area (Å²) in [4.78, 5) is 33.5. The van der Waals surface area contributed by atoms with Gasteiger partial charge >= 0.3 is 12.0 Å². The normalized spacial score (nSPS) is 13.7. The fourth-order valence-corrected chi connectivity index (χ4v) is 1.67. The summed E-state index contributed by atoms with van der Waals surface area (Å²) in [6.45, 7) is 1.49. The molecule has 22 heavy (non-hydrogen) atoms. The van der Waals surface area contributed by atoms with Crippen LogP contribution in [0.2, 0.25) is 0 Å². The van der Waals surface area contributed by atoms with Gasteiger partial charge in [-0.3, -0.25) is 10.1 Å². The topological polar surface area (TPSA) is 117 Å². The Morgan fingerprint density at radius 1 is 1.32 bits per heavy atom. The van der Waals surface area contributed by atoms with E-state index in [1.165, 1.54) is 13.0 Å². The summed E-state index contributed by atoms with van der Waals surface area (Å²) in [6.07, 6.45) is 1.52. The number of hydrogen-bond acceptors (Lipinski definition) is 6. The Morgan fingerprint density at radius 3 is 2.77 bits per heavy atom. The summed E-state index contributed by atoms with van der Waals surface area (Å²) in [5.41, 5.74) is 5.50. The molecule has 8 nitrogen and oxygen atoms in total. The highest BCUT2D eigenvalue weighted by Crippen LogP contribution is 2.32. The fraction of sp³-hybridized carbons (Fsp3) is 0.214. The number of esters is 1. The zero-order valence-corrected chi connectivity index (χ0v) is 11.7. The van der Waals surface area contributed by atoms with Gasteiger partial charge in [0.05, 0.1) is 0 Å². The summed E-state index contributed by atoms with van der Waals surface area (Å²) in [7, 11) is 0. The molecule has 0 saturated carbocycles. The average Bonchev–Trinajstić information content (AvgIpc) is 2.91. The molecule has 0 saturated heterocycles. The second-order valence-electron chi connectivity index (χ2n) is 4.38. The summed E-state index contributed by atoms with van der Waals surface area (Å²) < 4.78 is 15.2. The molecule has 0 aromatic heterocycles. The molecule has 1 heterocycles. The summed E-state index contributed by atoms with van der Waals surface area (Å²) in [5.74, 6) is -0.302. The van der Waals surface area contributed by atoms with Crippen molar-refractivity contribution in [1.82, 2.24) is 5.32 Å². The van der Waals surface area contributed by atoms with Gasteiger partial charge in [0.2, 0.25) is 6.79 Å². The van der Waals surface area contributed by atoms with Crippen LogP contribution in [0.1, 0.15) is 12.5 Å². The number of nitrogens with one attached hydrogen (secondary N) is 1. The second-order valence-corrected chi connectivity index (χ2v) is 4.38. The lowest BCUT2D eigenvalue weighted by atomic mass is 10.2. The van der Waals surface area contributed by atoms with E-state index in [0.29, 0.717) is 17.1 Å². The van der Waals surface area contributed by atoms with E-state index in [1.54, 1.807) is 18.2 Å². The Bertz CT molecular complexity index is 640. The number of fused-ring (bicyclic) bond motifs is 1. The van der Waals surface area contributed by atoms with Crippen molar-refractivity contribution in [3.05, 3.63) is 29.8 Å². The van der Waals surface area contributed by atoms with E-state index in [1.807, 2.05) is 5.32 Å². The minimum atomic E-state index is -1.14. The number of carbonyl (C=O) groups excluding carboxylic acids is 3. The molecule has 0 radical (unpaired) electrons. The molecule has 0 unspecified atom stereocenters. The van der Waals surface area contributed by atoms with Crippen LogP contribution >= 0.6 is 0 Å². The Morgan fingerprint density at radius 2 is 2.05 bits per heavy atom. The van der Waals surface area contributed by atoms with Crippen LogP contribution < -0.4 is 20.5 Å². The van der Waals surface area contributed by atoms with Gasteiger partial charge in [-0.05, 0) is 30.7 Å². The number of benzene rings is 1. The molecule has 1 aromatic rings. The summed E-state index contributed by atoms with van der Waals surface area (Å²) >= 11 is 0. The lowest BCUT2D eigenvalue weighted by molar-refractivity contribution is -0.149. The molecule has 3 N–H and O–H groups in total. The number of rotatable bonds is 4. The third kappa shape index (κ3) is 3.98. The maximum atomic E-state index is 11.6. The first kappa shape index (κ1) is 15.4. The van der Waals surface area contributed by atoms with Crippen LogP contribution in [-0.4, -0.2) is 30.8 Å². The van der Waals surface area contributed by atoms with Gasteiger partial charge in [0.15, 0.2) is 17.6 Å². The van der Waals surface area contributed by atoms with E-state index in [9.17, 15) is 14.4 Å². The van der Waals surface area contributed by atoms with E-state index < -0.39 is 24.0 Å². The van der Waals surface area contributed by atoms with Crippen LogP contribution in [0.3, 0.4) is 0 Å². The third-order valence-electron chi connectivity index (χ3n) is 2.72. The SMILES string of the molecule is C[C@@H](OC(=O)/C=C/c1ccc2c(c1)OCO2)C(=O)NC(N)=O. The molecule has 8 heteroatoms. The minimum Gasteiger partial charge on any atom is -0.454 e. The summed E-state index contributed by atoms with van der Waals surface area (Å²) in [6, 6.07) is 4.15. The number of primary amides is 1. The fourth-order valence-electron chi connectivity index (χ4n) is 1.67. The Labute approximate surface area is 125 Å². The third-order valence-corrected chi connectivity index (χ3v) is 2.72. The van der Waals surface area contributed by atoms with Gasteiger partial charge in [-0.15, -0.1) is 0 Å². The van der Waals surface area contributed by atoms with Gasteiger partial charge in [-0.25, -0.2) is 9.59 Å². The van der Waals surface area contributed by atoms with Crippen molar-refractivity contribution in [2.45, 2.75) is 13.0 Å². The molecule has 1 aromatic carbocycles. The van der Waals surface area contributed by atoms with E-state index in [-0.39, 0.29) is 6.79 Å². The standard InChI is InChI=1S/C14H14N2O6/c1-8(13(18)16-14(15)19)22-12(17)5-3-9-2-4-10-11(6-9)21-7-20-10/h2-6,8H,7H2,1H3,(H3,15,16,18,19)/b5-3+/t8-/m1/s1. The molecule has 3 amide bonds. The summed E-state index contributed by atoms with van der Waals surface area (Å²) in [5, 5.41) is 1.82. The van der Waals surface area contributed by atoms with Crippen molar-refractivity contribution in [3.8, 4) is 11.5 Å². The molecule has 0 spiro atoms.